The topological polar surface area (TPSA) is 45.2 Å². The molecular weight excluding hydrogens is 282 g/mol. The fourth-order valence-corrected chi connectivity index (χ4v) is 3.72. The van der Waals surface area contributed by atoms with Crippen molar-refractivity contribution >= 4 is 27.4 Å². The SMILES string of the molecule is CCNCc1cc2ccccc2c(N2CCS(=O)CC2)n1. The van der Waals surface area contributed by atoms with Crippen molar-refractivity contribution in [1.29, 1.82) is 0 Å². The predicted octanol–water partition coefficient (Wildman–Crippen LogP) is 1.91. The van der Waals surface area contributed by atoms with Crippen LogP contribution >= 0.6 is 0 Å². The van der Waals surface area contributed by atoms with Crippen LogP contribution in [0.5, 0.6) is 0 Å². The monoisotopic (exact) mass is 303 g/mol. The molecule has 2 heterocycles. The fraction of sp³-hybridized carbons (Fsp3) is 0.438. The van der Waals surface area contributed by atoms with Gasteiger partial charge in [0.05, 0.1) is 5.69 Å². The Balaban J connectivity index is 1.99. The van der Waals surface area contributed by atoms with Crippen LogP contribution < -0.4 is 10.2 Å². The Morgan fingerprint density at radius 1 is 1.29 bits per heavy atom. The zero-order valence-electron chi connectivity index (χ0n) is 12.3. The molecule has 0 aliphatic carbocycles. The van der Waals surface area contributed by atoms with E-state index in [-0.39, 0.29) is 0 Å². The highest BCUT2D eigenvalue weighted by Crippen LogP contribution is 2.26. The Bertz CT molecular complexity index is 649. The number of nitrogens with one attached hydrogen (secondary N) is 1. The Labute approximate surface area is 128 Å². The molecule has 1 aromatic carbocycles. The molecule has 4 nitrogen and oxygen atoms in total. The number of hydrogen-bond donors (Lipinski definition) is 1. The van der Waals surface area contributed by atoms with Gasteiger partial charge in [-0.2, -0.15) is 0 Å². The van der Waals surface area contributed by atoms with E-state index < -0.39 is 10.8 Å². The molecule has 1 saturated heterocycles. The van der Waals surface area contributed by atoms with Gasteiger partial charge in [0, 0.05) is 47.3 Å². The van der Waals surface area contributed by atoms with E-state index in [0.29, 0.717) is 0 Å². The Morgan fingerprint density at radius 3 is 2.81 bits per heavy atom. The number of nitrogens with zero attached hydrogens (tertiary/aromatic N) is 2. The third kappa shape index (κ3) is 3.24. The van der Waals surface area contributed by atoms with E-state index in [0.717, 1.165) is 49.2 Å². The van der Waals surface area contributed by atoms with E-state index in [2.05, 4.69) is 47.5 Å². The molecule has 2 aromatic rings. The second-order valence-corrected chi connectivity index (χ2v) is 6.97. The minimum atomic E-state index is -0.660. The van der Waals surface area contributed by atoms with Crippen LogP contribution in [0.15, 0.2) is 30.3 Å². The Morgan fingerprint density at radius 2 is 2.05 bits per heavy atom. The van der Waals surface area contributed by atoms with E-state index >= 15 is 0 Å². The first-order valence-corrected chi connectivity index (χ1v) is 8.96. The number of benzene rings is 1. The highest BCUT2D eigenvalue weighted by molar-refractivity contribution is 7.85. The van der Waals surface area contributed by atoms with Crippen LogP contribution in [0.2, 0.25) is 0 Å². The lowest BCUT2D eigenvalue weighted by Crippen LogP contribution is -2.38. The molecule has 5 heteroatoms. The number of pyridine rings is 1. The van der Waals surface area contributed by atoms with Crippen molar-refractivity contribution in [3.63, 3.8) is 0 Å². The summed E-state index contributed by atoms with van der Waals surface area (Å²) in [5.41, 5.74) is 1.07. The van der Waals surface area contributed by atoms with Crippen molar-refractivity contribution in [1.82, 2.24) is 10.3 Å². The van der Waals surface area contributed by atoms with Gasteiger partial charge in [0.15, 0.2) is 0 Å². The van der Waals surface area contributed by atoms with Crippen LogP contribution in [0.3, 0.4) is 0 Å². The molecule has 21 heavy (non-hydrogen) atoms. The fourth-order valence-electron chi connectivity index (χ4n) is 2.67. The average molecular weight is 303 g/mol. The Hall–Kier alpha value is -1.46. The van der Waals surface area contributed by atoms with Crippen LogP contribution in [-0.4, -0.2) is 40.3 Å². The molecule has 0 atom stereocenters. The zero-order valence-corrected chi connectivity index (χ0v) is 13.2. The van der Waals surface area contributed by atoms with Crippen molar-refractivity contribution < 1.29 is 4.21 Å². The van der Waals surface area contributed by atoms with Gasteiger partial charge in [-0.15, -0.1) is 0 Å². The summed E-state index contributed by atoms with van der Waals surface area (Å²) >= 11 is 0. The van der Waals surface area contributed by atoms with Gasteiger partial charge in [0.25, 0.3) is 0 Å². The molecule has 112 valence electrons. The van der Waals surface area contributed by atoms with E-state index in [1.165, 1.54) is 10.8 Å². The number of aromatic nitrogens is 1. The van der Waals surface area contributed by atoms with Gasteiger partial charge in [-0.05, 0) is 18.0 Å². The van der Waals surface area contributed by atoms with Gasteiger partial charge in [-0.25, -0.2) is 4.98 Å². The molecule has 0 bridgehead atoms. The molecule has 0 amide bonds. The maximum Gasteiger partial charge on any atom is 0.136 e. The molecule has 0 saturated carbocycles. The molecule has 1 aliphatic heterocycles. The molecular formula is C16H21N3OS. The molecule has 1 N–H and O–H groups in total. The highest BCUT2D eigenvalue weighted by atomic mass is 32.2. The standard InChI is InChI=1S/C16H21N3OS/c1-2-17-12-14-11-13-5-3-4-6-15(13)16(18-14)19-7-9-21(20)10-8-19/h3-6,11,17H,2,7-10,12H2,1H3. The van der Waals surface area contributed by atoms with E-state index in [4.69, 9.17) is 4.98 Å². The van der Waals surface area contributed by atoms with Crippen LogP contribution in [0.4, 0.5) is 5.82 Å². The third-order valence-corrected chi connectivity index (χ3v) is 5.08. The summed E-state index contributed by atoms with van der Waals surface area (Å²) in [6, 6.07) is 10.5. The maximum absolute atomic E-state index is 11.6. The van der Waals surface area contributed by atoms with Crippen molar-refractivity contribution in [3.05, 3.63) is 36.0 Å². The molecule has 0 unspecified atom stereocenters. The van der Waals surface area contributed by atoms with Crippen molar-refractivity contribution in [2.24, 2.45) is 0 Å². The minimum Gasteiger partial charge on any atom is -0.354 e. The van der Waals surface area contributed by atoms with E-state index in [1.54, 1.807) is 0 Å². The molecule has 3 rings (SSSR count). The third-order valence-electron chi connectivity index (χ3n) is 3.81. The summed E-state index contributed by atoms with van der Waals surface area (Å²) in [5, 5.41) is 5.75. The summed E-state index contributed by atoms with van der Waals surface area (Å²) < 4.78 is 11.6. The summed E-state index contributed by atoms with van der Waals surface area (Å²) in [6.07, 6.45) is 0. The quantitative estimate of drug-likeness (QED) is 0.937. The van der Waals surface area contributed by atoms with Crippen LogP contribution in [-0.2, 0) is 17.3 Å². The lowest BCUT2D eigenvalue weighted by molar-refractivity contribution is 0.671. The van der Waals surface area contributed by atoms with Crippen LogP contribution in [0.25, 0.3) is 10.8 Å². The first-order valence-electron chi connectivity index (χ1n) is 7.47. The number of rotatable bonds is 4. The number of fused-ring (bicyclic) bond motifs is 1. The normalized spacial score (nSPS) is 16.5. The average Bonchev–Trinajstić information content (AvgIpc) is 2.53. The lowest BCUT2D eigenvalue weighted by Gasteiger charge is -2.28. The van der Waals surface area contributed by atoms with E-state index in [1.807, 2.05) is 0 Å². The largest absolute Gasteiger partial charge is 0.354 e. The van der Waals surface area contributed by atoms with Gasteiger partial charge in [-0.1, -0.05) is 31.2 Å². The second kappa shape index (κ2) is 6.54. The molecule has 1 fully saturated rings. The molecule has 0 spiro atoms. The summed E-state index contributed by atoms with van der Waals surface area (Å²) in [4.78, 5) is 7.13. The first kappa shape index (κ1) is 14.5. The predicted molar refractivity (Wildman–Crippen MR) is 89.2 cm³/mol. The lowest BCUT2D eigenvalue weighted by atomic mass is 10.1. The summed E-state index contributed by atoms with van der Waals surface area (Å²) in [6.45, 7) is 5.48. The van der Waals surface area contributed by atoms with Crippen molar-refractivity contribution in [3.8, 4) is 0 Å². The van der Waals surface area contributed by atoms with Gasteiger partial charge in [-0.3, -0.25) is 4.21 Å². The molecule has 1 aliphatic rings. The second-order valence-electron chi connectivity index (χ2n) is 5.27. The van der Waals surface area contributed by atoms with Crippen molar-refractivity contribution in [2.75, 3.05) is 36.0 Å². The minimum absolute atomic E-state index is 0.660. The molecule has 1 aromatic heterocycles. The van der Waals surface area contributed by atoms with Crippen LogP contribution in [0.1, 0.15) is 12.6 Å². The number of anilines is 1. The van der Waals surface area contributed by atoms with Crippen molar-refractivity contribution in [2.45, 2.75) is 13.5 Å². The maximum atomic E-state index is 11.6. The smallest absolute Gasteiger partial charge is 0.136 e. The van der Waals surface area contributed by atoms with Gasteiger partial charge in [0.1, 0.15) is 5.82 Å². The highest BCUT2D eigenvalue weighted by Gasteiger charge is 2.19. The van der Waals surface area contributed by atoms with Crippen LogP contribution in [0, 0.1) is 0 Å². The zero-order chi connectivity index (χ0) is 14.7. The summed E-state index contributed by atoms with van der Waals surface area (Å²) in [7, 11) is -0.660. The van der Waals surface area contributed by atoms with Gasteiger partial charge >= 0.3 is 0 Å². The number of hydrogen-bond acceptors (Lipinski definition) is 4. The molecule has 0 radical (unpaired) electrons. The van der Waals surface area contributed by atoms with Gasteiger partial charge < -0.3 is 10.2 Å². The first-order chi connectivity index (χ1) is 10.3. The van der Waals surface area contributed by atoms with Gasteiger partial charge in [0.2, 0.25) is 0 Å². The van der Waals surface area contributed by atoms with E-state index in [9.17, 15) is 4.21 Å². The summed E-state index contributed by atoms with van der Waals surface area (Å²) in [5.74, 6) is 2.53. The Kier molecular flexibility index (Phi) is 4.51.